The number of rotatable bonds is 5. The summed E-state index contributed by atoms with van der Waals surface area (Å²) in [5.74, 6) is -0.463. The van der Waals surface area contributed by atoms with Crippen molar-refractivity contribution in [1.29, 1.82) is 0 Å². The minimum Gasteiger partial charge on any atom is -0.348 e. The standard InChI is InChI=1S/C14H23N3O4S/c1-3-4-10(2)15-14(19)12-5-6-13(18)17(16-12)11-7-8-22(20,21)9-11/h10-11H,3-9H2,1-2H3,(H,15,19)/t10-,11+/m1/s1. The maximum atomic E-state index is 12.2. The molecule has 0 aromatic heterocycles. The van der Waals surface area contributed by atoms with E-state index in [1.165, 1.54) is 5.01 Å². The second kappa shape index (κ2) is 6.76. The second-order valence-electron chi connectivity index (χ2n) is 6.01. The zero-order valence-electron chi connectivity index (χ0n) is 13.0. The van der Waals surface area contributed by atoms with Gasteiger partial charge in [0.15, 0.2) is 9.84 Å². The van der Waals surface area contributed by atoms with Gasteiger partial charge in [-0.25, -0.2) is 13.4 Å². The van der Waals surface area contributed by atoms with E-state index in [-0.39, 0.29) is 35.8 Å². The molecule has 2 aliphatic heterocycles. The van der Waals surface area contributed by atoms with Crippen LogP contribution in [-0.4, -0.2) is 54.5 Å². The summed E-state index contributed by atoms with van der Waals surface area (Å²) in [6.07, 6.45) is 2.74. The van der Waals surface area contributed by atoms with Crippen molar-refractivity contribution in [2.24, 2.45) is 5.10 Å². The summed E-state index contributed by atoms with van der Waals surface area (Å²) in [7, 11) is -3.10. The summed E-state index contributed by atoms with van der Waals surface area (Å²) < 4.78 is 23.1. The highest BCUT2D eigenvalue weighted by Gasteiger charge is 2.37. The molecule has 2 aliphatic rings. The van der Waals surface area contributed by atoms with Crippen molar-refractivity contribution in [3.8, 4) is 0 Å². The van der Waals surface area contributed by atoms with E-state index in [0.29, 0.717) is 18.6 Å². The third kappa shape index (κ3) is 4.06. The van der Waals surface area contributed by atoms with Crippen molar-refractivity contribution in [2.45, 2.75) is 58.0 Å². The summed E-state index contributed by atoms with van der Waals surface area (Å²) in [5.41, 5.74) is 0.312. The SMILES string of the molecule is CCC[C@@H](C)NC(=O)C1=NN([C@H]2CCS(=O)(=O)C2)C(=O)CC1. The molecule has 7 nitrogen and oxygen atoms in total. The molecule has 0 aliphatic carbocycles. The van der Waals surface area contributed by atoms with Crippen LogP contribution in [0.15, 0.2) is 5.10 Å². The van der Waals surface area contributed by atoms with E-state index in [0.717, 1.165) is 12.8 Å². The lowest BCUT2D eigenvalue weighted by atomic mass is 10.1. The fourth-order valence-electron chi connectivity index (χ4n) is 2.80. The van der Waals surface area contributed by atoms with Crippen molar-refractivity contribution < 1.29 is 18.0 Å². The number of nitrogens with one attached hydrogen (secondary N) is 1. The minimum atomic E-state index is -3.10. The molecule has 0 radical (unpaired) electrons. The molecule has 1 N–H and O–H groups in total. The van der Waals surface area contributed by atoms with Crippen LogP contribution in [-0.2, 0) is 19.4 Å². The normalized spacial score (nSPS) is 25.7. The molecular weight excluding hydrogens is 306 g/mol. The maximum Gasteiger partial charge on any atom is 0.267 e. The van der Waals surface area contributed by atoms with Crippen LogP contribution in [0, 0.1) is 0 Å². The quantitative estimate of drug-likeness (QED) is 0.792. The largest absolute Gasteiger partial charge is 0.348 e. The van der Waals surface area contributed by atoms with Crippen molar-refractivity contribution >= 4 is 27.4 Å². The Balaban J connectivity index is 2.08. The van der Waals surface area contributed by atoms with Crippen molar-refractivity contribution in [2.75, 3.05) is 11.5 Å². The van der Waals surface area contributed by atoms with Crippen molar-refractivity contribution in [3.63, 3.8) is 0 Å². The Morgan fingerprint density at radius 2 is 2.18 bits per heavy atom. The van der Waals surface area contributed by atoms with E-state index in [4.69, 9.17) is 0 Å². The molecule has 1 saturated heterocycles. The third-order valence-corrected chi connectivity index (χ3v) is 5.73. The lowest BCUT2D eigenvalue weighted by Gasteiger charge is -2.28. The van der Waals surface area contributed by atoms with Gasteiger partial charge in [-0.1, -0.05) is 13.3 Å². The molecule has 2 atom stereocenters. The van der Waals surface area contributed by atoms with Crippen LogP contribution < -0.4 is 5.32 Å². The number of hydrogen-bond acceptors (Lipinski definition) is 5. The van der Waals surface area contributed by atoms with Gasteiger partial charge in [0.05, 0.1) is 17.5 Å². The molecule has 2 rings (SSSR count). The van der Waals surface area contributed by atoms with Gasteiger partial charge in [-0.05, 0) is 19.8 Å². The molecule has 0 spiro atoms. The lowest BCUT2D eigenvalue weighted by molar-refractivity contribution is -0.133. The summed E-state index contributed by atoms with van der Waals surface area (Å²) in [6.45, 7) is 3.97. The monoisotopic (exact) mass is 329 g/mol. The molecule has 0 saturated carbocycles. The third-order valence-electron chi connectivity index (χ3n) is 3.98. The maximum absolute atomic E-state index is 12.2. The molecular formula is C14H23N3O4S. The lowest BCUT2D eigenvalue weighted by Crippen LogP contribution is -2.45. The molecule has 0 bridgehead atoms. The zero-order valence-corrected chi connectivity index (χ0v) is 13.9. The molecule has 22 heavy (non-hydrogen) atoms. The minimum absolute atomic E-state index is 0.0538. The van der Waals surface area contributed by atoms with Gasteiger partial charge in [-0.3, -0.25) is 9.59 Å². The molecule has 0 aromatic carbocycles. The van der Waals surface area contributed by atoms with Gasteiger partial charge in [0, 0.05) is 18.9 Å². The molecule has 0 aromatic rings. The molecule has 0 unspecified atom stereocenters. The van der Waals surface area contributed by atoms with Gasteiger partial charge in [0.1, 0.15) is 5.71 Å². The van der Waals surface area contributed by atoms with Gasteiger partial charge < -0.3 is 5.32 Å². The number of hydrogen-bond donors (Lipinski definition) is 1. The van der Waals surface area contributed by atoms with Crippen molar-refractivity contribution in [1.82, 2.24) is 10.3 Å². The summed E-state index contributed by atoms with van der Waals surface area (Å²) in [5, 5.41) is 8.23. The average molecular weight is 329 g/mol. The first-order chi connectivity index (χ1) is 10.3. The first-order valence-corrected chi connectivity index (χ1v) is 9.55. The smallest absolute Gasteiger partial charge is 0.267 e. The number of hydrazone groups is 1. The molecule has 8 heteroatoms. The van der Waals surface area contributed by atoms with Gasteiger partial charge in [0.25, 0.3) is 5.91 Å². The Bertz CT molecular complexity index is 585. The van der Waals surface area contributed by atoms with Gasteiger partial charge in [-0.15, -0.1) is 0 Å². The van der Waals surface area contributed by atoms with Crippen LogP contribution in [0.5, 0.6) is 0 Å². The van der Waals surface area contributed by atoms with Crippen LogP contribution in [0.4, 0.5) is 0 Å². The van der Waals surface area contributed by atoms with E-state index in [1.807, 2.05) is 13.8 Å². The molecule has 124 valence electrons. The Morgan fingerprint density at radius 1 is 1.45 bits per heavy atom. The molecule has 2 heterocycles. The van der Waals surface area contributed by atoms with E-state index >= 15 is 0 Å². The van der Waals surface area contributed by atoms with Crippen molar-refractivity contribution in [3.05, 3.63) is 0 Å². The predicted octanol–water partition coefficient (Wildman–Crippen LogP) is 0.457. The number of carbonyl (C=O) groups excluding carboxylic acids is 2. The Hall–Kier alpha value is -1.44. The van der Waals surface area contributed by atoms with Crippen LogP contribution >= 0.6 is 0 Å². The topological polar surface area (TPSA) is 95.9 Å². The Kier molecular flexibility index (Phi) is 5.20. The van der Waals surface area contributed by atoms with Crippen LogP contribution in [0.25, 0.3) is 0 Å². The second-order valence-corrected chi connectivity index (χ2v) is 8.23. The predicted molar refractivity (Wildman–Crippen MR) is 83.1 cm³/mol. The van der Waals surface area contributed by atoms with Crippen LogP contribution in [0.2, 0.25) is 0 Å². The van der Waals surface area contributed by atoms with E-state index in [9.17, 15) is 18.0 Å². The fourth-order valence-corrected chi connectivity index (χ4v) is 4.49. The highest BCUT2D eigenvalue weighted by molar-refractivity contribution is 7.91. The summed E-state index contributed by atoms with van der Waals surface area (Å²) in [4.78, 5) is 24.2. The average Bonchev–Trinajstić information content (AvgIpc) is 2.79. The fraction of sp³-hybridized carbons (Fsp3) is 0.786. The van der Waals surface area contributed by atoms with Crippen LogP contribution in [0.1, 0.15) is 46.0 Å². The number of carbonyl (C=O) groups is 2. The Morgan fingerprint density at radius 3 is 2.77 bits per heavy atom. The molecule has 2 amide bonds. The summed E-state index contributed by atoms with van der Waals surface area (Å²) >= 11 is 0. The number of sulfone groups is 1. The van der Waals surface area contributed by atoms with Gasteiger partial charge in [-0.2, -0.15) is 5.10 Å². The highest BCUT2D eigenvalue weighted by atomic mass is 32.2. The summed E-state index contributed by atoms with van der Waals surface area (Å²) in [6, 6.07) is -0.383. The van der Waals surface area contributed by atoms with E-state index < -0.39 is 15.9 Å². The van der Waals surface area contributed by atoms with Crippen LogP contribution in [0.3, 0.4) is 0 Å². The first kappa shape index (κ1) is 16.9. The molecule has 1 fully saturated rings. The zero-order chi connectivity index (χ0) is 16.3. The number of amides is 2. The van der Waals surface area contributed by atoms with Gasteiger partial charge >= 0.3 is 0 Å². The number of nitrogens with zero attached hydrogens (tertiary/aromatic N) is 2. The van der Waals surface area contributed by atoms with Gasteiger partial charge in [0.2, 0.25) is 5.91 Å². The van der Waals surface area contributed by atoms with E-state index in [2.05, 4.69) is 10.4 Å². The first-order valence-electron chi connectivity index (χ1n) is 7.73. The van der Waals surface area contributed by atoms with E-state index in [1.54, 1.807) is 0 Å². The Labute approximate surface area is 131 Å². The highest BCUT2D eigenvalue weighted by Crippen LogP contribution is 2.22.